The van der Waals surface area contributed by atoms with E-state index in [4.69, 9.17) is 0 Å². The highest BCUT2D eigenvalue weighted by Gasteiger charge is 2.27. The van der Waals surface area contributed by atoms with Crippen LogP contribution in [-0.2, 0) is 12.8 Å². The van der Waals surface area contributed by atoms with Crippen LogP contribution >= 0.6 is 0 Å². The Morgan fingerprint density at radius 2 is 2.18 bits per heavy atom. The number of unbranched alkanes of at least 4 members (excludes halogenated alkanes) is 1. The second kappa shape index (κ2) is 6.51. The third-order valence-corrected chi connectivity index (χ3v) is 4.74. The van der Waals surface area contributed by atoms with Gasteiger partial charge in [0.2, 0.25) is 0 Å². The number of rotatable bonds is 4. The van der Waals surface area contributed by atoms with E-state index in [0.717, 1.165) is 56.2 Å². The number of aromatic nitrogens is 1. The van der Waals surface area contributed by atoms with Gasteiger partial charge >= 0.3 is 0 Å². The first kappa shape index (κ1) is 15.1. The maximum Gasteiger partial charge on any atom is 0.261 e. The van der Waals surface area contributed by atoms with Gasteiger partial charge in [-0.25, -0.2) is 0 Å². The van der Waals surface area contributed by atoms with Gasteiger partial charge in [0.25, 0.3) is 11.5 Å². The fourth-order valence-corrected chi connectivity index (χ4v) is 3.46. The molecule has 1 aromatic rings. The number of amides is 1. The Labute approximate surface area is 131 Å². The predicted molar refractivity (Wildman–Crippen MR) is 87.2 cm³/mol. The van der Waals surface area contributed by atoms with E-state index in [0.29, 0.717) is 12.1 Å². The van der Waals surface area contributed by atoms with Crippen LogP contribution in [0.1, 0.15) is 60.6 Å². The van der Waals surface area contributed by atoms with Crippen molar-refractivity contribution in [2.24, 2.45) is 0 Å². The SMILES string of the molecule is CCCC[C@H]1C=CCN1C(=O)c1cc2c([nH]c1=O)CCCC2. The first-order chi connectivity index (χ1) is 10.7. The number of carbonyl (C=O) groups is 1. The summed E-state index contributed by atoms with van der Waals surface area (Å²) in [4.78, 5) is 29.8. The molecule has 0 saturated heterocycles. The van der Waals surface area contributed by atoms with Crippen molar-refractivity contribution >= 4 is 5.91 Å². The van der Waals surface area contributed by atoms with Crippen LogP contribution in [0.2, 0.25) is 0 Å². The van der Waals surface area contributed by atoms with E-state index in [9.17, 15) is 9.59 Å². The Balaban J connectivity index is 1.84. The van der Waals surface area contributed by atoms with E-state index in [-0.39, 0.29) is 17.5 Å². The number of pyridine rings is 1. The molecule has 2 aliphatic rings. The lowest BCUT2D eigenvalue weighted by Crippen LogP contribution is -2.39. The van der Waals surface area contributed by atoms with Gasteiger partial charge in [0.15, 0.2) is 0 Å². The molecule has 4 heteroatoms. The summed E-state index contributed by atoms with van der Waals surface area (Å²) in [5, 5.41) is 0. The second-order valence-corrected chi connectivity index (χ2v) is 6.32. The molecule has 22 heavy (non-hydrogen) atoms. The Kier molecular flexibility index (Phi) is 4.46. The average molecular weight is 300 g/mol. The molecule has 0 bridgehead atoms. The fourth-order valence-electron chi connectivity index (χ4n) is 3.46. The van der Waals surface area contributed by atoms with E-state index in [1.54, 1.807) is 0 Å². The Hall–Kier alpha value is -1.84. The monoisotopic (exact) mass is 300 g/mol. The quantitative estimate of drug-likeness (QED) is 0.869. The number of H-pyrrole nitrogens is 1. The van der Waals surface area contributed by atoms with Crippen molar-refractivity contribution in [1.29, 1.82) is 0 Å². The Morgan fingerprint density at radius 3 is 3.00 bits per heavy atom. The molecule has 118 valence electrons. The molecule has 0 radical (unpaired) electrons. The molecule has 3 rings (SSSR count). The highest BCUT2D eigenvalue weighted by atomic mass is 16.2. The van der Waals surface area contributed by atoms with E-state index in [2.05, 4.69) is 18.0 Å². The van der Waals surface area contributed by atoms with Crippen molar-refractivity contribution < 1.29 is 4.79 Å². The molecule has 1 atom stereocenters. The van der Waals surface area contributed by atoms with Gasteiger partial charge in [0, 0.05) is 12.2 Å². The zero-order chi connectivity index (χ0) is 15.5. The number of carbonyl (C=O) groups excluding carboxylic acids is 1. The maximum absolute atomic E-state index is 12.8. The average Bonchev–Trinajstić information content (AvgIpc) is 3.00. The lowest BCUT2D eigenvalue weighted by atomic mass is 9.95. The summed E-state index contributed by atoms with van der Waals surface area (Å²) in [5.41, 5.74) is 2.25. The predicted octanol–water partition coefficient (Wildman–Crippen LogP) is 2.82. The molecule has 1 amide bonds. The summed E-state index contributed by atoms with van der Waals surface area (Å²) in [6.07, 6.45) is 11.5. The van der Waals surface area contributed by atoms with Crippen molar-refractivity contribution in [2.45, 2.75) is 57.9 Å². The van der Waals surface area contributed by atoms with Gasteiger partial charge in [-0.3, -0.25) is 9.59 Å². The number of aromatic amines is 1. The van der Waals surface area contributed by atoms with Crippen molar-refractivity contribution in [3.8, 4) is 0 Å². The van der Waals surface area contributed by atoms with Crippen LogP contribution in [0.5, 0.6) is 0 Å². The van der Waals surface area contributed by atoms with Crippen LogP contribution in [0.15, 0.2) is 23.0 Å². The minimum atomic E-state index is -0.230. The van der Waals surface area contributed by atoms with Gasteiger partial charge in [-0.05, 0) is 43.7 Å². The summed E-state index contributed by atoms with van der Waals surface area (Å²) < 4.78 is 0. The molecule has 1 aliphatic heterocycles. The number of hydrogen-bond acceptors (Lipinski definition) is 2. The lowest BCUT2D eigenvalue weighted by Gasteiger charge is -2.25. The molecule has 1 aliphatic carbocycles. The van der Waals surface area contributed by atoms with Gasteiger partial charge in [0.1, 0.15) is 5.56 Å². The smallest absolute Gasteiger partial charge is 0.261 e. The van der Waals surface area contributed by atoms with E-state index in [1.165, 1.54) is 0 Å². The van der Waals surface area contributed by atoms with Crippen LogP contribution in [0.3, 0.4) is 0 Å². The number of nitrogens with one attached hydrogen (secondary N) is 1. The second-order valence-electron chi connectivity index (χ2n) is 6.32. The van der Waals surface area contributed by atoms with Crippen molar-refractivity contribution in [3.05, 3.63) is 45.4 Å². The molecule has 0 spiro atoms. The molecule has 0 aromatic carbocycles. The van der Waals surface area contributed by atoms with Crippen LogP contribution in [0.25, 0.3) is 0 Å². The van der Waals surface area contributed by atoms with Gasteiger partial charge in [-0.1, -0.05) is 31.9 Å². The highest BCUT2D eigenvalue weighted by Crippen LogP contribution is 2.21. The number of hydrogen-bond donors (Lipinski definition) is 1. The number of nitrogens with zero attached hydrogens (tertiary/aromatic N) is 1. The van der Waals surface area contributed by atoms with Crippen LogP contribution in [-0.4, -0.2) is 28.4 Å². The Morgan fingerprint density at radius 1 is 1.36 bits per heavy atom. The fraction of sp³-hybridized carbons (Fsp3) is 0.556. The zero-order valence-electron chi connectivity index (χ0n) is 13.2. The molecular weight excluding hydrogens is 276 g/mol. The normalized spacial score (nSPS) is 20.2. The summed E-state index contributed by atoms with van der Waals surface area (Å²) in [6.45, 7) is 2.77. The van der Waals surface area contributed by atoms with Crippen molar-refractivity contribution in [1.82, 2.24) is 9.88 Å². The first-order valence-electron chi connectivity index (χ1n) is 8.43. The maximum atomic E-state index is 12.8. The molecular formula is C18H24N2O2. The van der Waals surface area contributed by atoms with Crippen molar-refractivity contribution in [2.75, 3.05) is 6.54 Å². The molecule has 1 N–H and O–H groups in total. The summed E-state index contributed by atoms with van der Waals surface area (Å²) in [7, 11) is 0. The highest BCUT2D eigenvalue weighted by molar-refractivity contribution is 5.94. The van der Waals surface area contributed by atoms with Crippen LogP contribution < -0.4 is 5.56 Å². The Bertz CT molecular complexity index is 645. The standard InChI is InChI=1S/C18H24N2O2/c1-2-3-8-14-9-6-11-20(14)18(22)15-12-13-7-4-5-10-16(13)19-17(15)21/h6,9,12,14H,2-5,7-8,10-11H2,1H3,(H,19,21)/t14-/m0/s1. The molecule has 2 heterocycles. The molecule has 0 saturated carbocycles. The van der Waals surface area contributed by atoms with Crippen LogP contribution in [0, 0.1) is 0 Å². The van der Waals surface area contributed by atoms with Gasteiger partial charge in [-0.2, -0.15) is 0 Å². The summed E-state index contributed by atoms with van der Waals surface area (Å²) in [6, 6.07) is 1.98. The molecule has 0 unspecified atom stereocenters. The topological polar surface area (TPSA) is 53.2 Å². The molecule has 4 nitrogen and oxygen atoms in total. The first-order valence-corrected chi connectivity index (χ1v) is 8.43. The third kappa shape index (κ3) is 2.87. The third-order valence-electron chi connectivity index (χ3n) is 4.74. The minimum Gasteiger partial charge on any atom is -0.328 e. The van der Waals surface area contributed by atoms with E-state index >= 15 is 0 Å². The van der Waals surface area contributed by atoms with Gasteiger partial charge in [0.05, 0.1) is 6.04 Å². The van der Waals surface area contributed by atoms with Gasteiger partial charge in [-0.15, -0.1) is 0 Å². The van der Waals surface area contributed by atoms with Crippen LogP contribution in [0.4, 0.5) is 0 Å². The largest absolute Gasteiger partial charge is 0.328 e. The zero-order valence-corrected chi connectivity index (χ0v) is 13.2. The number of aryl methyl sites for hydroxylation is 2. The summed E-state index contributed by atoms with van der Waals surface area (Å²) in [5.74, 6) is -0.124. The van der Waals surface area contributed by atoms with E-state index in [1.807, 2.05) is 17.0 Å². The van der Waals surface area contributed by atoms with E-state index < -0.39 is 0 Å². The summed E-state index contributed by atoms with van der Waals surface area (Å²) >= 11 is 0. The van der Waals surface area contributed by atoms with Crippen molar-refractivity contribution in [3.63, 3.8) is 0 Å². The van der Waals surface area contributed by atoms with Gasteiger partial charge < -0.3 is 9.88 Å². The molecule has 0 fully saturated rings. The minimum absolute atomic E-state index is 0.124. The molecule has 1 aromatic heterocycles. The number of fused-ring (bicyclic) bond motifs is 1. The lowest BCUT2D eigenvalue weighted by molar-refractivity contribution is 0.0741.